The molecular formula is C35H35FN4O6S. The topological polar surface area (TPSA) is 119 Å². The molecule has 1 aromatic heterocycles. The number of ether oxygens (including phenoxy) is 3. The van der Waals surface area contributed by atoms with Crippen molar-refractivity contribution in [1.29, 1.82) is 0 Å². The van der Waals surface area contributed by atoms with Gasteiger partial charge in [-0.25, -0.2) is 9.37 Å². The number of rotatable bonds is 4. The summed E-state index contributed by atoms with van der Waals surface area (Å²) >= 11 is 1.55. The summed E-state index contributed by atoms with van der Waals surface area (Å²) in [5.41, 5.74) is 3.14. The number of carbonyl (C=O) groups excluding carboxylic acids is 3. The normalized spacial score (nSPS) is 18.2. The summed E-state index contributed by atoms with van der Waals surface area (Å²) in [6.07, 6.45) is 0.671. The van der Waals surface area contributed by atoms with Crippen LogP contribution in [0.5, 0.6) is 17.2 Å². The minimum atomic E-state index is -0.600. The maximum Gasteiger partial charge on any atom is 0.258 e. The first kappa shape index (κ1) is 32.0. The Hall–Kier alpha value is -4.97. The van der Waals surface area contributed by atoms with Gasteiger partial charge in [-0.15, -0.1) is 11.3 Å². The zero-order valence-electron chi connectivity index (χ0n) is 26.1. The number of piperidine rings is 1. The van der Waals surface area contributed by atoms with Crippen molar-refractivity contribution in [2.45, 2.75) is 44.9 Å². The largest absolute Gasteiger partial charge is 0.496 e. The SMILES string of the molecule is COc1ccc2cc1-c1cccc(c1)OCC(=O)NCc1cc(F)cc(c1)O[C@@H]1CCN(C(=O)CCc3csc(C)n3)C[C@H]1NC2=O. The lowest BCUT2D eigenvalue weighted by Crippen LogP contribution is -2.58. The van der Waals surface area contributed by atoms with Crippen LogP contribution in [-0.4, -0.2) is 66.6 Å². The lowest BCUT2D eigenvalue weighted by molar-refractivity contribution is -0.133. The number of aromatic nitrogens is 1. The van der Waals surface area contributed by atoms with Gasteiger partial charge in [-0.2, -0.15) is 0 Å². The Balaban J connectivity index is 1.31. The number of methoxy groups -OCH3 is 1. The molecule has 47 heavy (non-hydrogen) atoms. The summed E-state index contributed by atoms with van der Waals surface area (Å²) in [5, 5.41) is 8.76. The molecule has 0 radical (unpaired) electrons. The minimum Gasteiger partial charge on any atom is -0.496 e. The van der Waals surface area contributed by atoms with Gasteiger partial charge in [0.2, 0.25) is 5.91 Å². The summed E-state index contributed by atoms with van der Waals surface area (Å²) < 4.78 is 32.4. The van der Waals surface area contributed by atoms with Crippen molar-refractivity contribution in [1.82, 2.24) is 20.5 Å². The van der Waals surface area contributed by atoms with Gasteiger partial charge in [0.1, 0.15) is 29.2 Å². The fraction of sp³-hybridized carbons (Fsp3) is 0.314. The average molecular weight is 659 g/mol. The van der Waals surface area contributed by atoms with E-state index < -0.39 is 18.0 Å². The van der Waals surface area contributed by atoms with E-state index in [2.05, 4.69) is 15.6 Å². The maximum atomic E-state index is 14.7. The number of likely N-dealkylation sites (tertiary alicyclic amines) is 1. The molecule has 6 bridgehead atoms. The molecule has 244 valence electrons. The van der Waals surface area contributed by atoms with Crippen LogP contribution in [0.15, 0.2) is 66.0 Å². The van der Waals surface area contributed by atoms with E-state index >= 15 is 0 Å². The molecule has 2 N–H and O–H groups in total. The van der Waals surface area contributed by atoms with E-state index in [1.54, 1.807) is 65.8 Å². The molecule has 4 aromatic rings. The summed E-state index contributed by atoms with van der Waals surface area (Å²) in [4.78, 5) is 45.9. The molecule has 0 aliphatic carbocycles. The van der Waals surface area contributed by atoms with E-state index in [0.29, 0.717) is 54.0 Å². The minimum absolute atomic E-state index is 0.0449. The zero-order chi connectivity index (χ0) is 32.9. The zero-order valence-corrected chi connectivity index (χ0v) is 26.9. The van der Waals surface area contributed by atoms with E-state index in [-0.39, 0.29) is 43.2 Å². The van der Waals surface area contributed by atoms with E-state index in [0.717, 1.165) is 16.3 Å². The Kier molecular flexibility index (Phi) is 9.67. The molecule has 6 rings (SSSR count). The molecule has 0 unspecified atom stereocenters. The summed E-state index contributed by atoms with van der Waals surface area (Å²) in [7, 11) is 1.55. The Morgan fingerprint density at radius 2 is 1.98 bits per heavy atom. The lowest BCUT2D eigenvalue weighted by atomic mass is 9.98. The predicted octanol–water partition coefficient (Wildman–Crippen LogP) is 4.69. The molecular weight excluding hydrogens is 623 g/mol. The number of halogens is 1. The number of thiazole rings is 1. The van der Waals surface area contributed by atoms with Gasteiger partial charge in [0.25, 0.3) is 11.8 Å². The fourth-order valence-corrected chi connectivity index (χ4v) is 6.45. The van der Waals surface area contributed by atoms with Crippen molar-refractivity contribution in [3.63, 3.8) is 0 Å². The Labute approximate surface area is 275 Å². The van der Waals surface area contributed by atoms with E-state index in [9.17, 15) is 18.8 Å². The highest BCUT2D eigenvalue weighted by molar-refractivity contribution is 7.09. The molecule has 3 heterocycles. The maximum absolute atomic E-state index is 14.7. The first-order valence-corrected chi connectivity index (χ1v) is 16.3. The third-order valence-corrected chi connectivity index (χ3v) is 8.99. The van der Waals surface area contributed by atoms with Gasteiger partial charge in [0, 0.05) is 55.0 Å². The standard InChI is InChI=1S/C35H35FN4O6S/c1-21-38-26(20-47-21)7-9-34(42)40-11-10-32-30(18-40)39-35(43)24-6-8-31(44-2)29(15-24)23-4-3-5-27(14-23)45-19-33(41)37-17-22-12-25(36)16-28(13-22)46-32/h3-6,8,12-16,20,30,32H,7,9-11,17-19H2,1-2H3,(H,37,41)(H,39,43)/t30-,32-/m1/s1. The summed E-state index contributed by atoms with van der Waals surface area (Å²) in [6.45, 7) is 2.37. The highest BCUT2D eigenvalue weighted by Crippen LogP contribution is 2.33. The number of nitrogens with zero attached hydrogens (tertiary/aromatic N) is 2. The van der Waals surface area contributed by atoms with Gasteiger partial charge < -0.3 is 29.7 Å². The van der Waals surface area contributed by atoms with E-state index in [4.69, 9.17) is 14.2 Å². The molecule has 3 amide bonds. The predicted molar refractivity (Wildman–Crippen MR) is 174 cm³/mol. The van der Waals surface area contributed by atoms with Crippen LogP contribution < -0.4 is 24.8 Å². The molecule has 2 aliphatic rings. The van der Waals surface area contributed by atoms with Gasteiger partial charge in [-0.1, -0.05) is 12.1 Å². The third kappa shape index (κ3) is 7.89. The average Bonchev–Trinajstić information content (AvgIpc) is 3.50. The van der Waals surface area contributed by atoms with Crippen LogP contribution in [0, 0.1) is 12.7 Å². The second-order valence-corrected chi connectivity index (χ2v) is 12.6. The van der Waals surface area contributed by atoms with Crippen LogP contribution in [-0.2, 0) is 22.6 Å². The van der Waals surface area contributed by atoms with Crippen LogP contribution in [0.2, 0.25) is 0 Å². The van der Waals surface area contributed by atoms with E-state index in [1.165, 1.54) is 12.1 Å². The Morgan fingerprint density at radius 1 is 1.11 bits per heavy atom. The number of benzene rings is 3. The lowest BCUT2D eigenvalue weighted by Gasteiger charge is -2.39. The molecule has 3 aromatic carbocycles. The van der Waals surface area contributed by atoms with Crippen molar-refractivity contribution >= 4 is 29.1 Å². The smallest absolute Gasteiger partial charge is 0.258 e. The van der Waals surface area contributed by atoms with Crippen LogP contribution in [0.3, 0.4) is 0 Å². The van der Waals surface area contributed by atoms with Crippen molar-refractivity contribution in [3.05, 3.63) is 93.7 Å². The van der Waals surface area contributed by atoms with Crippen molar-refractivity contribution < 1.29 is 33.0 Å². The quantitative estimate of drug-likeness (QED) is 0.327. The number of hydrogen-bond acceptors (Lipinski definition) is 8. The number of fused-ring (bicyclic) bond motifs is 8. The third-order valence-electron chi connectivity index (χ3n) is 8.17. The van der Waals surface area contributed by atoms with Crippen molar-refractivity contribution in [3.8, 4) is 28.4 Å². The van der Waals surface area contributed by atoms with Gasteiger partial charge in [-0.05, 0) is 66.9 Å². The molecule has 0 spiro atoms. The second kappa shape index (κ2) is 14.2. The molecule has 12 heteroatoms. The Bertz CT molecular complexity index is 1800. The molecule has 0 saturated carbocycles. The van der Waals surface area contributed by atoms with Crippen molar-refractivity contribution in [2.75, 3.05) is 26.8 Å². The number of aryl methyl sites for hydroxylation is 2. The number of hydrogen-bond donors (Lipinski definition) is 2. The molecule has 2 aliphatic heterocycles. The first-order valence-electron chi connectivity index (χ1n) is 15.4. The molecule has 2 atom stereocenters. The van der Waals surface area contributed by atoms with Crippen LogP contribution in [0.4, 0.5) is 4.39 Å². The highest BCUT2D eigenvalue weighted by Gasteiger charge is 2.34. The number of carbonyl (C=O) groups is 3. The van der Waals surface area contributed by atoms with Gasteiger partial charge in [0.15, 0.2) is 6.61 Å². The summed E-state index contributed by atoms with van der Waals surface area (Å²) in [5.74, 6) is -0.0491. The van der Waals surface area contributed by atoms with Gasteiger partial charge >= 0.3 is 0 Å². The highest BCUT2D eigenvalue weighted by atomic mass is 32.1. The van der Waals surface area contributed by atoms with Gasteiger partial charge in [0.05, 0.1) is 23.9 Å². The second-order valence-electron chi connectivity index (χ2n) is 11.5. The number of amides is 3. The monoisotopic (exact) mass is 658 g/mol. The molecule has 1 fully saturated rings. The summed E-state index contributed by atoms with van der Waals surface area (Å²) in [6, 6.07) is 15.9. The molecule has 1 saturated heterocycles. The number of nitrogens with one attached hydrogen (secondary N) is 2. The van der Waals surface area contributed by atoms with Crippen LogP contribution >= 0.6 is 11.3 Å². The fourth-order valence-electron chi connectivity index (χ4n) is 5.80. The molecule has 10 nitrogen and oxygen atoms in total. The van der Waals surface area contributed by atoms with Crippen LogP contribution in [0.1, 0.15) is 39.5 Å². The Morgan fingerprint density at radius 3 is 2.79 bits per heavy atom. The van der Waals surface area contributed by atoms with E-state index in [1.807, 2.05) is 18.4 Å². The van der Waals surface area contributed by atoms with Crippen LogP contribution in [0.25, 0.3) is 11.1 Å². The van der Waals surface area contributed by atoms with Gasteiger partial charge in [-0.3, -0.25) is 14.4 Å². The van der Waals surface area contributed by atoms with Crippen molar-refractivity contribution in [2.24, 2.45) is 0 Å². The first-order chi connectivity index (χ1) is 22.7.